The van der Waals surface area contributed by atoms with Crippen molar-refractivity contribution in [3.8, 4) is 0 Å². The first-order chi connectivity index (χ1) is 7.66. The molecule has 1 heterocycles. The first-order valence-electron chi connectivity index (χ1n) is 6.33. The van der Waals surface area contributed by atoms with Crippen LogP contribution in [0.1, 0.15) is 46.0 Å². The van der Waals surface area contributed by atoms with Gasteiger partial charge in [0.05, 0.1) is 0 Å². The molecule has 0 saturated heterocycles. The lowest BCUT2D eigenvalue weighted by Gasteiger charge is -2.39. The summed E-state index contributed by atoms with van der Waals surface area (Å²) in [5.74, 6) is 1.06. The molecule has 0 aromatic carbocycles. The highest BCUT2D eigenvalue weighted by molar-refractivity contribution is 6.06. The van der Waals surface area contributed by atoms with Crippen LogP contribution < -0.4 is 5.73 Å². The third kappa shape index (κ3) is 1.35. The molecule has 2 atom stereocenters. The average Bonchev–Trinajstić information content (AvgIpc) is 2.78. The van der Waals surface area contributed by atoms with Crippen LogP contribution in [0.15, 0.2) is 4.99 Å². The zero-order valence-corrected chi connectivity index (χ0v) is 10.2. The molecule has 2 aliphatic rings. The van der Waals surface area contributed by atoms with E-state index in [-0.39, 0.29) is 11.6 Å². The minimum Gasteiger partial charge on any atom is -0.385 e. The van der Waals surface area contributed by atoms with Crippen molar-refractivity contribution in [3.63, 3.8) is 0 Å². The molecule has 1 aliphatic carbocycles. The second-order valence-corrected chi connectivity index (χ2v) is 4.85. The SMILES string of the molecule is CCCN1C(=O)N=C(N)C12CCCC2CC. The van der Waals surface area contributed by atoms with Crippen LogP contribution >= 0.6 is 0 Å². The van der Waals surface area contributed by atoms with Crippen LogP contribution in [0.2, 0.25) is 0 Å². The van der Waals surface area contributed by atoms with E-state index in [2.05, 4.69) is 18.8 Å². The van der Waals surface area contributed by atoms with Gasteiger partial charge in [0, 0.05) is 6.54 Å². The number of urea groups is 1. The van der Waals surface area contributed by atoms with Crippen LogP contribution in [-0.2, 0) is 0 Å². The molecule has 0 bridgehead atoms. The summed E-state index contributed by atoms with van der Waals surface area (Å²) < 4.78 is 0. The molecular weight excluding hydrogens is 202 g/mol. The molecule has 1 fully saturated rings. The minimum atomic E-state index is -0.234. The fraction of sp³-hybridized carbons (Fsp3) is 0.833. The van der Waals surface area contributed by atoms with Crippen molar-refractivity contribution in [3.05, 3.63) is 0 Å². The number of rotatable bonds is 3. The van der Waals surface area contributed by atoms with Gasteiger partial charge >= 0.3 is 6.03 Å². The summed E-state index contributed by atoms with van der Waals surface area (Å²) in [6, 6.07) is -0.125. The molecule has 90 valence electrons. The smallest absolute Gasteiger partial charge is 0.346 e. The van der Waals surface area contributed by atoms with Crippen LogP contribution in [0.25, 0.3) is 0 Å². The predicted molar refractivity (Wildman–Crippen MR) is 64.4 cm³/mol. The lowest BCUT2D eigenvalue weighted by Crippen LogP contribution is -2.56. The fourth-order valence-corrected chi connectivity index (χ4v) is 3.38. The second-order valence-electron chi connectivity index (χ2n) is 4.85. The van der Waals surface area contributed by atoms with Crippen LogP contribution in [0.5, 0.6) is 0 Å². The third-order valence-corrected chi connectivity index (χ3v) is 4.10. The van der Waals surface area contributed by atoms with Gasteiger partial charge in [-0.2, -0.15) is 4.99 Å². The molecule has 1 saturated carbocycles. The van der Waals surface area contributed by atoms with Gasteiger partial charge in [0.25, 0.3) is 0 Å². The predicted octanol–water partition coefficient (Wildman–Crippen LogP) is 2.14. The molecule has 4 nitrogen and oxygen atoms in total. The van der Waals surface area contributed by atoms with E-state index < -0.39 is 0 Å². The van der Waals surface area contributed by atoms with E-state index >= 15 is 0 Å². The molecule has 2 N–H and O–H groups in total. The molecule has 1 spiro atoms. The van der Waals surface area contributed by atoms with Crippen LogP contribution in [0.3, 0.4) is 0 Å². The Hall–Kier alpha value is -1.06. The highest BCUT2D eigenvalue weighted by Crippen LogP contribution is 2.45. The van der Waals surface area contributed by atoms with Crippen LogP contribution in [0.4, 0.5) is 4.79 Å². The quantitative estimate of drug-likeness (QED) is 0.796. The first kappa shape index (κ1) is 11.4. The van der Waals surface area contributed by atoms with Crippen molar-refractivity contribution in [1.29, 1.82) is 0 Å². The average molecular weight is 223 g/mol. The zero-order chi connectivity index (χ0) is 11.8. The molecular formula is C12H21N3O. The van der Waals surface area contributed by atoms with Crippen molar-refractivity contribution in [2.45, 2.75) is 51.5 Å². The molecule has 0 aromatic rings. The minimum absolute atomic E-state index is 0.125. The molecule has 0 aromatic heterocycles. The van der Waals surface area contributed by atoms with Crippen molar-refractivity contribution in [1.82, 2.24) is 4.90 Å². The lowest BCUT2D eigenvalue weighted by molar-refractivity contribution is 0.143. The summed E-state index contributed by atoms with van der Waals surface area (Å²) in [5, 5.41) is 0. The summed E-state index contributed by atoms with van der Waals surface area (Å²) >= 11 is 0. The number of nitrogens with zero attached hydrogens (tertiary/aromatic N) is 2. The Morgan fingerprint density at radius 2 is 2.31 bits per heavy atom. The van der Waals surface area contributed by atoms with Crippen molar-refractivity contribution in [2.75, 3.05) is 6.54 Å². The Morgan fingerprint density at radius 3 is 2.94 bits per heavy atom. The van der Waals surface area contributed by atoms with Gasteiger partial charge in [-0.15, -0.1) is 0 Å². The van der Waals surface area contributed by atoms with E-state index in [0.717, 1.165) is 32.2 Å². The number of hydrogen-bond acceptors (Lipinski definition) is 2. The Morgan fingerprint density at radius 1 is 1.56 bits per heavy atom. The van der Waals surface area contributed by atoms with Crippen LogP contribution in [-0.4, -0.2) is 28.9 Å². The fourth-order valence-electron chi connectivity index (χ4n) is 3.38. The standard InChI is InChI=1S/C12H21N3O/c1-3-8-15-11(16)14-10(13)12(15)7-5-6-9(12)4-2/h9H,3-8H2,1-2H3,(H2,13,14,16). The number of aliphatic imine (C=N–C) groups is 1. The maximum Gasteiger partial charge on any atom is 0.346 e. The molecule has 1 aliphatic heterocycles. The molecule has 0 radical (unpaired) electrons. The largest absolute Gasteiger partial charge is 0.385 e. The third-order valence-electron chi connectivity index (χ3n) is 4.10. The van der Waals surface area contributed by atoms with Gasteiger partial charge in [-0.3, -0.25) is 0 Å². The highest BCUT2D eigenvalue weighted by Gasteiger charge is 2.54. The van der Waals surface area contributed by atoms with Gasteiger partial charge in [0.2, 0.25) is 0 Å². The number of amides is 2. The Balaban J connectivity index is 2.35. The first-order valence-corrected chi connectivity index (χ1v) is 6.33. The van der Waals surface area contributed by atoms with E-state index in [1.165, 1.54) is 6.42 Å². The molecule has 2 amide bonds. The van der Waals surface area contributed by atoms with E-state index in [1.54, 1.807) is 0 Å². The summed E-state index contributed by atoms with van der Waals surface area (Å²) in [5.41, 5.74) is 5.81. The summed E-state index contributed by atoms with van der Waals surface area (Å²) in [4.78, 5) is 17.8. The zero-order valence-electron chi connectivity index (χ0n) is 10.2. The van der Waals surface area contributed by atoms with Crippen LogP contribution in [0, 0.1) is 5.92 Å². The van der Waals surface area contributed by atoms with Gasteiger partial charge in [-0.05, 0) is 25.2 Å². The van der Waals surface area contributed by atoms with Crippen molar-refractivity contribution in [2.24, 2.45) is 16.6 Å². The summed E-state index contributed by atoms with van der Waals surface area (Å²) in [6.45, 7) is 5.04. The molecule has 16 heavy (non-hydrogen) atoms. The van der Waals surface area contributed by atoms with E-state index in [1.807, 2.05) is 4.90 Å². The van der Waals surface area contributed by atoms with Gasteiger partial charge in [0.15, 0.2) is 0 Å². The van der Waals surface area contributed by atoms with Gasteiger partial charge < -0.3 is 10.6 Å². The maximum absolute atomic E-state index is 11.9. The molecule has 4 heteroatoms. The Kier molecular flexibility index (Phi) is 2.91. The number of amidine groups is 1. The number of nitrogens with two attached hydrogens (primary N) is 1. The van der Waals surface area contributed by atoms with Crippen molar-refractivity contribution >= 4 is 11.9 Å². The second kappa shape index (κ2) is 4.07. The lowest BCUT2D eigenvalue weighted by atomic mass is 9.83. The number of carbonyl (C=O) groups is 1. The van der Waals surface area contributed by atoms with E-state index in [4.69, 9.17) is 5.73 Å². The van der Waals surface area contributed by atoms with E-state index in [0.29, 0.717) is 11.8 Å². The van der Waals surface area contributed by atoms with Gasteiger partial charge in [0.1, 0.15) is 11.4 Å². The van der Waals surface area contributed by atoms with Gasteiger partial charge in [-0.1, -0.05) is 26.7 Å². The maximum atomic E-state index is 11.9. The van der Waals surface area contributed by atoms with Crippen molar-refractivity contribution < 1.29 is 4.79 Å². The Labute approximate surface area is 96.9 Å². The topological polar surface area (TPSA) is 58.7 Å². The Bertz CT molecular complexity index is 326. The number of hydrogen-bond donors (Lipinski definition) is 1. The van der Waals surface area contributed by atoms with Gasteiger partial charge in [-0.25, -0.2) is 4.79 Å². The normalized spacial score (nSPS) is 33.9. The summed E-state index contributed by atoms with van der Waals surface area (Å²) in [7, 11) is 0. The van der Waals surface area contributed by atoms with E-state index in [9.17, 15) is 4.79 Å². The number of carbonyl (C=O) groups excluding carboxylic acids is 1. The monoisotopic (exact) mass is 223 g/mol. The summed E-state index contributed by atoms with van der Waals surface area (Å²) in [6.07, 6.45) is 5.35. The molecule has 2 unspecified atom stereocenters. The highest BCUT2D eigenvalue weighted by atomic mass is 16.2. The molecule has 2 rings (SSSR count).